The number of hydrogen-bond donors (Lipinski definition) is 2. The van der Waals surface area contributed by atoms with Gasteiger partial charge in [-0.1, -0.05) is 36.0 Å². The molecule has 0 spiro atoms. The lowest BCUT2D eigenvalue weighted by Gasteiger charge is -2.19. The second-order valence-corrected chi connectivity index (χ2v) is 4.41. The molecule has 3 nitrogen and oxygen atoms in total. The Morgan fingerprint density at radius 3 is 1.82 bits per heavy atom. The lowest BCUT2D eigenvalue weighted by molar-refractivity contribution is -0.122. The SMILES string of the molecule is O=CO.c1ccc2c(c1)Nc1ccccc1S2. The Morgan fingerprint density at radius 2 is 1.35 bits per heavy atom. The molecule has 0 unspecified atom stereocenters. The zero-order valence-corrected chi connectivity index (χ0v) is 9.78. The normalized spacial score (nSPS) is 11.1. The van der Waals surface area contributed by atoms with Crippen molar-refractivity contribution >= 4 is 29.6 Å². The maximum absolute atomic E-state index is 8.36. The van der Waals surface area contributed by atoms with Gasteiger partial charge in [-0.15, -0.1) is 0 Å². The van der Waals surface area contributed by atoms with Gasteiger partial charge >= 0.3 is 0 Å². The van der Waals surface area contributed by atoms with E-state index in [0.29, 0.717) is 0 Å². The molecule has 1 heterocycles. The second-order valence-electron chi connectivity index (χ2n) is 3.32. The van der Waals surface area contributed by atoms with Gasteiger partial charge in [-0.25, -0.2) is 0 Å². The van der Waals surface area contributed by atoms with Gasteiger partial charge in [-0.3, -0.25) is 4.79 Å². The molecule has 2 aromatic rings. The van der Waals surface area contributed by atoms with Crippen molar-refractivity contribution in [3.63, 3.8) is 0 Å². The first-order valence-corrected chi connectivity index (χ1v) is 5.87. The number of hydrogen-bond acceptors (Lipinski definition) is 3. The van der Waals surface area contributed by atoms with Crippen LogP contribution in [-0.4, -0.2) is 11.6 Å². The van der Waals surface area contributed by atoms with Crippen LogP contribution in [0.2, 0.25) is 0 Å². The summed E-state index contributed by atoms with van der Waals surface area (Å²) >= 11 is 1.82. The summed E-state index contributed by atoms with van der Waals surface area (Å²) in [5, 5.41) is 10.3. The van der Waals surface area contributed by atoms with Crippen LogP contribution in [0.1, 0.15) is 0 Å². The number of nitrogens with one attached hydrogen (secondary N) is 1. The summed E-state index contributed by atoms with van der Waals surface area (Å²) < 4.78 is 0. The Morgan fingerprint density at radius 1 is 0.941 bits per heavy atom. The number of para-hydroxylation sites is 2. The molecule has 0 fully saturated rings. The third-order valence-corrected chi connectivity index (χ3v) is 3.42. The zero-order valence-electron chi connectivity index (χ0n) is 8.96. The van der Waals surface area contributed by atoms with Crippen LogP contribution in [0.4, 0.5) is 11.4 Å². The summed E-state index contributed by atoms with van der Waals surface area (Å²) in [5.74, 6) is 0. The van der Waals surface area contributed by atoms with E-state index in [4.69, 9.17) is 9.90 Å². The average molecular weight is 245 g/mol. The van der Waals surface area contributed by atoms with Gasteiger partial charge in [0.2, 0.25) is 0 Å². The lowest BCUT2D eigenvalue weighted by Crippen LogP contribution is -1.98. The maximum atomic E-state index is 8.36. The van der Waals surface area contributed by atoms with Crippen molar-refractivity contribution in [2.45, 2.75) is 9.79 Å². The zero-order chi connectivity index (χ0) is 12.1. The summed E-state index contributed by atoms with van der Waals surface area (Å²) in [5.41, 5.74) is 2.41. The molecule has 0 radical (unpaired) electrons. The first-order chi connectivity index (χ1) is 8.35. The fraction of sp³-hybridized carbons (Fsp3) is 0. The molecule has 2 N–H and O–H groups in total. The Kier molecular flexibility index (Phi) is 3.67. The largest absolute Gasteiger partial charge is 0.483 e. The van der Waals surface area contributed by atoms with Crippen molar-refractivity contribution < 1.29 is 9.90 Å². The number of anilines is 2. The summed E-state index contributed by atoms with van der Waals surface area (Å²) in [6.07, 6.45) is 0. The highest BCUT2D eigenvalue weighted by Crippen LogP contribution is 2.43. The third kappa shape index (κ3) is 2.60. The van der Waals surface area contributed by atoms with Gasteiger partial charge in [0.1, 0.15) is 0 Å². The van der Waals surface area contributed by atoms with E-state index in [1.54, 1.807) is 0 Å². The van der Waals surface area contributed by atoms with Gasteiger partial charge in [0, 0.05) is 9.79 Å². The van der Waals surface area contributed by atoms with E-state index in [1.165, 1.54) is 21.2 Å². The smallest absolute Gasteiger partial charge is 0.290 e. The highest BCUT2D eigenvalue weighted by atomic mass is 32.2. The van der Waals surface area contributed by atoms with Crippen LogP contribution < -0.4 is 5.32 Å². The van der Waals surface area contributed by atoms with E-state index < -0.39 is 0 Å². The second kappa shape index (κ2) is 5.41. The monoisotopic (exact) mass is 245 g/mol. The van der Waals surface area contributed by atoms with Crippen molar-refractivity contribution in [3.05, 3.63) is 48.5 Å². The van der Waals surface area contributed by atoms with Gasteiger partial charge in [0.05, 0.1) is 11.4 Å². The summed E-state index contributed by atoms with van der Waals surface area (Å²) in [6, 6.07) is 16.8. The predicted octanol–water partition coefficient (Wildman–Crippen LogP) is 3.60. The number of carboxylic acid groups (broad SMARTS) is 1. The molecule has 0 aliphatic carbocycles. The van der Waals surface area contributed by atoms with Crippen LogP contribution in [0.3, 0.4) is 0 Å². The van der Waals surface area contributed by atoms with Crippen LogP contribution >= 0.6 is 11.8 Å². The first kappa shape index (κ1) is 11.5. The maximum Gasteiger partial charge on any atom is 0.290 e. The van der Waals surface area contributed by atoms with E-state index in [1.807, 2.05) is 11.8 Å². The molecule has 0 atom stereocenters. The molecule has 86 valence electrons. The van der Waals surface area contributed by atoms with Crippen LogP contribution in [0.15, 0.2) is 58.3 Å². The number of benzene rings is 2. The van der Waals surface area contributed by atoms with Crippen LogP contribution in [-0.2, 0) is 4.79 Å². The standard InChI is InChI=1S/C12H9NS.CH2O2/c1-3-7-11-9(5-1)13-10-6-2-4-8-12(10)14-11;2-1-3/h1-8,13H;1H,(H,2,3). The predicted molar refractivity (Wildman–Crippen MR) is 69.0 cm³/mol. The molecule has 0 saturated heterocycles. The number of carbonyl (C=O) groups is 1. The molecule has 2 aromatic carbocycles. The molecule has 0 aromatic heterocycles. The van der Waals surface area contributed by atoms with E-state index >= 15 is 0 Å². The molecule has 17 heavy (non-hydrogen) atoms. The summed E-state index contributed by atoms with van der Waals surface area (Å²) in [7, 11) is 0. The van der Waals surface area contributed by atoms with E-state index in [2.05, 4.69) is 53.8 Å². The van der Waals surface area contributed by atoms with Crippen molar-refractivity contribution in [3.8, 4) is 0 Å². The average Bonchev–Trinajstić information content (AvgIpc) is 2.37. The van der Waals surface area contributed by atoms with Crippen LogP contribution in [0.5, 0.6) is 0 Å². The minimum Gasteiger partial charge on any atom is -0.483 e. The molecule has 3 rings (SSSR count). The fourth-order valence-electron chi connectivity index (χ4n) is 1.58. The number of rotatable bonds is 0. The van der Waals surface area contributed by atoms with Crippen molar-refractivity contribution in [2.24, 2.45) is 0 Å². The van der Waals surface area contributed by atoms with Crippen molar-refractivity contribution in [1.29, 1.82) is 0 Å². The topological polar surface area (TPSA) is 49.3 Å². The molecule has 4 heteroatoms. The van der Waals surface area contributed by atoms with E-state index in [-0.39, 0.29) is 6.47 Å². The number of fused-ring (bicyclic) bond motifs is 2. The minimum atomic E-state index is -0.250. The quantitative estimate of drug-likeness (QED) is 0.594. The van der Waals surface area contributed by atoms with Gasteiger partial charge in [0.25, 0.3) is 6.47 Å². The van der Waals surface area contributed by atoms with E-state index in [0.717, 1.165) is 0 Å². The Hall–Kier alpha value is -1.94. The lowest BCUT2D eigenvalue weighted by atomic mass is 10.2. The summed E-state index contributed by atoms with van der Waals surface area (Å²) in [6.45, 7) is -0.250. The molecule has 0 amide bonds. The van der Waals surface area contributed by atoms with Gasteiger partial charge in [-0.2, -0.15) is 0 Å². The Labute approximate surface area is 103 Å². The molecule has 0 saturated carbocycles. The molecule has 1 aliphatic rings. The first-order valence-electron chi connectivity index (χ1n) is 5.06. The van der Waals surface area contributed by atoms with Gasteiger partial charge in [-0.05, 0) is 24.3 Å². The van der Waals surface area contributed by atoms with E-state index in [9.17, 15) is 0 Å². The van der Waals surface area contributed by atoms with Gasteiger partial charge in [0.15, 0.2) is 0 Å². The molecule has 0 bridgehead atoms. The van der Waals surface area contributed by atoms with Crippen molar-refractivity contribution in [2.75, 3.05) is 5.32 Å². The Balaban J connectivity index is 0.000000329. The molecule has 1 aliphatic heterocycles. The fourth-order valence-corrected chi connectivity index (χ4v) is 2.57. The summed E-state index contributed by atoms with van der Waals surface area (Å²) in [4.78, 5) is 11.0. The highest BCUT2D eigenvalue weighted by molar-refractivity contribution is 7.99. The minimum absolute atomic E-state index is 0.250. The third-order valence-electron chi connectivity index (χ3n) is 2.26. The molecular formula is C13H11NO2S. The highest BCUT2D eigenvalue weighted by Gasteiger charge is 2.13. The van der Waals surface area contributed by atoms with Crippen LogP contribution in [0, 0.1) is 0 Å². The van der Waals surface area contributed by atoms with Crippen molar-refractivity contribution in [1.82, 2.24) is 0 Å². The Bertz CT molecular complexity index is 441. The van der Waals surface area contributed by atoms with Gasteiger partial charge < -0.3 is 10.4 Å². The molecular weight excluding hydrogens is 234 g/mol. The van der Waals surface area contributed by atoms with Crippen LogP contribution in [0.25, 0.3) is 0 Å².